The molecule has 3 heteroatoms. The van der Waals surface area contributed by atoms with E-state index in [0.29, 0.717) is 0 Å². The predicted molar refractivity (Wildman–Crippen MR) is 73.7 cm³/mol. The normalized spacial score (nSPS) is 20.5. The molecule has 1 heterocycles. The number of nitrogens with one attached hydrogen (secondary N) is 1. The minimum atomic E-state index is 0.126. The number of aryl methyl sites for hydroxylation is 1. The van der Waals surface area contributed by atoms with E-state index in [1.165, 1.54) is 11.1 Å². The lowest BCUT2D eigenvalue weighted by Crippen LogP contribution is -2.49. The van der Waals surface area contributed by atoms with Gasteiger partial charge in [0.1, 0.15) is 0 Å². The Morgan fingerprint density at radius 3 is 2.47 bits per heavy atom. The van der Waals surface area contributed by atoms with Gasteiger partial charge in [0, 0.05) is 10.6 Å². The molecule has 17 heavy (non-hydrogen) atoms. The van der Waals surface area contributed by atoms with Gasteiger partial charge in [-0.3, -0.25) is 0 Å². The van der Waals surface area contributed by atoms with Crippen molar-refractivity contribution in [1.82, 2.24) is 10.2 Å². The van der Waals surface area contributed by atoms with Crippen molar-refractivity contribution in [1.29, 1.82) is 0 Å². The van der Waals surface area contributed by atoms with Crippen molar-refractivity contribution in [3.05, 3.63) is 34.3 Å². The van der Waals surface area contributed by atoms with Crippen LogP contribution in [0.1, 0.15) is 24.0 Å². The Balaban J connectivity index is 2.34. The summed E-state index contributed by atoms with van der Waals surface area (Å²) in [4.78, 5) is 2.39. The van der Waals surface area contributed by atoms with Gasteiger partial charge in [-0.25, -0.2) is 0 Å². The van der Waals surface area contributed by atoms with E-state index in [0.717, 1.165) is 31.0 Å². The zero-order chi connectivity index (χ0) is 12.5. The van der Waals surface area contributed by atoms with Crippen LogP contribution >= 0.6 is 11.6 Å². The molecule has 0 bridgehead atoms. The van der Waals surface area contributed by atoms with Crippen molar-refractivity contribution in [2.75, 3.05) is 27.2 Å². The molecule has 0 aromatic heterocycles. The van der Waals surface area contributed by atoms with Gasteiger partial charge < -0.3 is 10.2 Å². The molecule has 0 amide bonds. The number of nitrogens with zero attached hydrogens (tertiary/aromatic N) is 1. The molecule has 1 aliphatic rings. The monoisotopic (exact) mass is 252 g/mol. The Hall–Kier alpha value is -0.570. The molecule has 94 valence electrons. The molecular formula is C14H21ClN2. The second kappa shape index (κ2) is 4.97. The third-order valence-electron chi connectivity index (χ3n) is 4.02. The summed E-state index contributed by atoms with van der Waals surface area (Å²) in [5.41, 5.74) is 2.81. The van der Waals surface area contributed by atoms with E-state index in [4.69, 9.17) is 11.6 Å². The van der Waals surface area contributed by atoms with Crippen LogP contribution < -0.4 is 5.32 Å². The van der Waals surface area contributed by atoms with Gasteiger partial charge in [-0.15, -0.1) is 0 Å². The van der Waals surface area contributed by atoms with Crippen molar-refractivity contribution < 1.29 is 0 Å². The number of benzene rings is 1. The van der Waals surface area contributed by atoms with Crippen molar-refractivity contribution in [2.24, 2.45) is 0 Å². The summed E-state index contributed by atoms with van der Waals surface area (Å²) in [5.74, 6) is 0. The average Bonchev–Trinajstić information content (AvgIpc) is 2.31. The first-order valence-corrected chi connectivity index (χ1v) is 6.59. The lowest BCUT2D eigenvalue weighted by molar-refractivity contribution is 0.164. The zero-order valence-corrected chi connectivity index (χ0v) is 11.6. The van der Waals surface area contributed by atoms with Gasteiger partial charge in [-0.2, -0.15) is 0 Å². The second-order valence-corrected chi connectivity index (χ2v) is 5.53. The highest BCUT2D eigenvalue weighted by Gasteiger charge is 2.34. The molecule has 2 rings (SSSR count). The van der Waals surface area contributed by atoms with E-state index >= 15 is 0 Å². The van der Waals surface area contributed by atoms with Crippen LogP contribution in [-0.2, 0) is 5.54 Å². The fraction of sp³-hybridized carbons (Fsp3) is 0.571. The van der Waals surface area contributed by atoms with Crippen LogP contribution in [0.15, 0.2) is 18.2 Å². The fourth-order valence-electron chi connectivity index (χ4n) is 2.82. The molecule has 0 spiro atoms. The topological polar surface area (TPSA) is 15.3 Å². The van der Waals surface area contributed by atoms with Gasteiger partial charge >= 0.3 is 0 Å². The molecule has 0 radical (unpaired) electrons. The number of hydrogen-bond acceptors (Lipinski definition) is 2. The largest absolute Gasteiger partial charge is 0.310 e. The minimum Gasteiger partial charge on any atom is -0.310 e. The zero-order valence-electron chi connectivity index (χ0n) is 10.9. The Bertz CT molecular complexity index is 395. The molecule has 0 unspecified atom stereocenters. The molecule has 0 saturated carbocycles. The van der Waals surface area contributed by atoms with Crippen LogP contribution in [-0.4, -0.2) is 32.1 Å². The Kier molecular flexibility index (Phi) is 3.76. The molecule has 0 aliphatic carbocycles. The smallest absolute Gasteiger partial charge is 0.0459 e. The van der Waals surface area contributed by atoms with Gasteiger partial charge in [-0.05, 0) is 70.2 Å². The third kappa shape index (κ3) is 2.49. The van der Waals surface area contributed by atoms with Gasteiger partial charge in [0.05, 0.1) is 0 Å². The van der Waals surface area contributed by atoms with Gasteiger partial charge in [-0.1, -0.05) is 17.7 Å². The summed E-state index contributed by atoms with van der Waals surface area (Å²) in [7, 11) is 4.26. The summed E-state index contributed by atoms with van der Waals surface area (Å²) in [6, 6.07) is 6.25. The Morgan fingerprint density at radius 1 is 1.29 bits per heavy atom. The highest BCUT2D eigenvalue weighted by atomic mass is 35.5. The third-order valence-corrected chi connectivity index (χ3v) is 4.26. The van der Waals surface area contributed by atoms with Gasteiger partial charge in [0.15, 0.2) is 0 Å². The van der Waals surface area contributed by atoms with E-state index < -0.39 is 0 Å². The second-order valence-electron chi connectivity index (χ2n) is 5.09. The van der Waals surface area contributed by atoms with Crippen LogP contribution in [0.4, 0.5) is 0 Å². The van der Waals surface area contributed by atoms with Crippen molar-refractivity contribution in [2.45, 2.75) is 25.3 Å². The SMILES string of the molecule is CNC1(c2ccc(Cl)cc2C)CCN(C)CC1. The molecule has 1 saturated heterocycles. The number of hydrogen-bond donors (Lipinski definition) is 1. The maximum Gasteiger partial charge on any atom is 0.0459 e. The van der Waals surface area contributed by atoms with Crippen LogP contribution in [0.2, 0.25) is 5.02 Å². The number of rotatable bonds is 2. The fourth-order valence-corrected chi connectivity index (χ4v) is 3.04. The van der Waals surface area contributed by atoms with Crippen molar-refractivity contribution in [3.63, 3.8) is 0 Å². The predicted octanol–water partition coefficient (Wildman–Crippen LogP) is 2.79. The standard InChI is InChI=1S/C14H21ClN2/c1-11-10-12(15)4-5-13(11)14(16-2)6-8-17(3)9-7-14/h4-5,10,16H,6-9H2,1-3H3. The molecule has 1 aliphatic heterocycles. The molecule has 2 nitrogen and oxygen atoms in total. The molecule has 1 aromatic carbocycles. The Morgan fingerprint density at radius 2 is 1.94 bits per heavy atom. The highest BCUT2D eigenvalue weighted by Crippen LogP contribution is 2.35. The minimum absolute atomic E-state index is 0.126. The lowest BCUT2D eigenvalue weighted by Gasteiger charge is -2.42. The van der Waals surface area contributed by atoms with Gasteiger partial charge in [0.2, 0.25) is 0 Å². The van der Waals surface area contributed by atoms with Crippen LogP contribution in [0.3, 0.4) is 0 Å². The van der Waals surface area contributed by atoms with Crippen LogP contribution in [0, 0.1) is 6.92 Å². The first-order chi connectivity index (χ1) is 8.07. The average molecular weight is 253 g/mol. The molecule has 1 fully saturated rings. The van der Waals surface area contributed by atoms with Crippen molar-refractivity contribution >= 4 is 11.6 Å². The summed E-state index contributed by atoms with van der Waals surface area (Å²) in [6.45, 7) is 4.43. The first kappa shape index (κ1) is 12.9. The van der Waals surface area contributed by atoms with E-state index in [1.54, 1.807) is 0 Å². The van der Waals surface area contributed by atoms with E-state index in [-0.39, 0.29) is 5.54 Å². The highest BCUT2D eigenvalue weighted by molar-refractivity contribution is 6.30. The Labute approximate surface area is 109 Å². The summed E-state index contributed by atoms with van der Waals surface area (Å²) in [5, 5.41) is 4.37. The van der Waals surface area contributed by atoms with Gasteiger partial charge in [0.25, 0.3) is 0 Å². The lowest BCUT2D eigenvalue weighted by atomic mass is 9.79. The summed E-state index contributed by atoms with van der Waals surface area (Å²) >= 11 is 6.04. The summed E-state index contributed by atoms with van der Waals surface area (Å²) in [6.07, 6.45) is 2.31. The maximum atomic E-state index is 6.04. The van der Waals surface area contributed by atoms with E-state index in [2.05, 4.69) is 43.4 Å². The molecule has 1 N–H and O–H groups in total. The van der Waals surface area contributed by atoms with Crippen LogP contribution in [0.25, 0.3) is 0 Å². The van der Waals surface area contributed by atoms with Crippen molar-refractivity contribution in [3.8, 4) is 0 Å². The van der Waals surface area contributed by atoms with E-state index in [9.17, 15) is 0 Å². The maximum absolute atomic E-state index is 6.04. The van der Waals surface area contributed by atoms with E-state index in [1.807, 2.05) is 6.07 Å². The number of halogens is 1. The quantitative estimate of drug-likeness (QED) is 0.871. The number of likely N-dealkylation sites (tertiary alicyclic amines) is 1. The summed E-state index contributed by atoms with van der Waals surface area (Å²) < 4.78 is 0. The molecular weight excluding hydrogens is 232 g/mol. The van der Waals surface area contributed by atoms with Crippen LogP contribution in [0.5, 0.6) is 0 Å². The number of piperidine rings is 1. The first-order valence-electron chi connectivity index (χ1n) is 6.21. The molecule has 0 atom stereocenters. The molecule has 1 aromatic rings.